The van der Waals surface area contributed by atoms with Crippen molar-refractivity contribution in [2.75, 3.05) is 24.7 Å². The quantitative estimate of drug-likeness (QED) is 0.616. The van der Waals surface area contributed by atoms with Crippen LogP contribution in [0.3, 0.4) is 0 Å². The van der Waals surface area contributed by atoms with Crippen LogP contribution in [0.25, 0.3) is 0 Å². The molecule has 0 bridgehead atoms. The average Bonchev–Trinajstić information content (AvgIpc) is 2.10. The minimum atomic E-state index is -0.211. The first-order valence-corrected chi connectivity index (χ1v) is 4.69. The van der Waals surface area contributed by atoms with Crippen molar-refractivity contribution in [3.8, 4) is 0 Å². The molecule has 1 aromatic rings. The van der Waals surface area contributed by atoms with Gasteiger partial charge in [-0.05, 0) is 5.92 Å². The molecule has 0 aliphatic rings. The molecule has 0 aliphatic heterocycles. The second-order valence-corrected chi connectivity index (χ2v) is 3.92. The van der Waals surface area contributed by atoms with Crippen LogP contribution < -0.4 is 16.3 Å². The van der Waals surface area contributed by atoms with Crippen LogP contribution in [-0.2, 0) is 0 Å². The van der Waals surface area contributed by atoms with Crippen LogP contribution in [0.4, 0.5) is 11.5 Å². The van der Waals surface area contributed by atoms with E-state index in [9.17, 15) is 5.21 Å². The van der Waals surface area contributed by atoms with E-state index >= 15 is 0 Å². The number of hydrogen-bond acceptors (Lipinski definition) is 5. The minimum Gasteiger partial charge on any atom is -0.425 e. The second kappa shape index (κ2) is 3.80. The molecule has 0 fully saturated rings. The summed E-state index contributed by atoms with van der Waals surface area (Å²) in [6.07, 6.45) is 0. The summed E-state index contributed by atoms with van der Waals surface area (Å²) in [5, 5.41) is 17.1. The monoisotopic (exact) mass is 211 g/mol. The van der Waals surface area contributed by atoms with Gasteiger partial charge in [0.05, 0.1) is 11.4 Å². The Morgan fingerprint density at radius 2 is 2.00 bits per heavy atom. The Labute approximate surface area is 88.4 Å². The summed E-state index contributed by atoms with van der Waals surface area (Å²) in [7, 11) is 3.59. The Morgan fingerprint density at radius 1 is 1.47 bits per heavy atom. The molecule has 0 spiro atoms. The molecule has 1 aromatic heterocycles. The Morgan fingerprint density at radius 3 is 2.40 bits per heavy atom. The van der Waals surface area contributed by atoms with Crippen molar-refractivity contribution >= 4 is 11.5 Å². The maximum Gasteiger partial charge on any atom is 0.257 e. The van der Waals surface area contributed by atoms with Gasteiger partial charge in [-0.2, -0.15) is 9.71 Å². The predicted molar refractivity (Wildman–Crippen MR) is 58.1 cm³/mol. The molecule has 0 aromatic carbocycles. The van der Waals surface area contributed by atoms with Gasteiger partial charge in [0.15, 0.2) is 5.82 Å². The molecule has 1 rings (SSSR count). The van der Waals surface area contributed by atoms with Gasteiger partial charge in [0.1, 0.15) is 0 Å². The lowest BCUT2D eigenvalue weighted by Crippen LogP contribution is -2.30. The molecule has 0 atom stereocenters. The van der Waals surface area contributed by atoms with E-state index in [4.69, 9.17) is 11.1 Å². The molecule has 15 heavy (non-hydrogen) atoms. The van der Waals surface area contributed by atoms with Gasteiger partial charge < -0.3 is 15.8 Å². The molecule has 0 radical (unpaired) electrons. The zero-order chi connectivity index (χ0) is 11.7. The van der Waals surface area contributed by atoms with Crippen LogP contribution in [0.15, 0.2) is 0 Å². The third kappa shape index (κ3) is 1.88. The first kappa shape index (κ1) is 11.4. The Kier molecular flexibility index (Phi) is 2.88. The summed E-state index contributed by atoms with van der Waals surface area (Å²) < 4.78 is 0.729. The topological polar surface area (TPSA) is 91.2 Å². The largest absolute Gasteiger partial charge is 0.425 e. The molecule has 84 valence electrons. The summed E-state index contributed by atoms with van der Waals surface area (Å²) >= 11 is 0. The summed E-state index contributed by atoms with van der Waals surface area (Å²) in [5.41, 5.74) is 6.60. The van der Waals surface area contributed by atoms with Crippen molar-refractivity contribution in [1.82, 2.24) is 9.71 Å². The van der Waals surface area contributed by atoms with E-state index in [0.717, 1.165) is 4.73 Å². The van der Waals surface area contributed by atoms with Crippen LogP contribution in [0.5, 0.6) is 0 Å². The number of nitrogens with two attached hydrogens (primary N) is 1. The lowest BCUT2D eigenvalue weighted by Gasteiger charge is -2.19. The van der Waals surface area contributed by atoms with Crippen molar-refractivity contribution in [2.45, 2.75) is 19.8 Å². The van der Waals surface area contributed by atoms with Gasteiger partial charge >= 0.3 is 0 Å². The molecule has 0 aliphatic carbocycles. The molecule has 0 amide bonds. The van der Waals surface area contributed by atoms with Gasteiger partial charge in [0.2, 0.25) is 0 Å². The fourth-order valence-corrected chi connectivity index (χ4v) is 1.45. The van der Waals surface area contributed by atoms with Gasteiger partial charge in [0, 0.05) is 14.1 Å². The zero-order valence-corrected chi connectivity index (χ0v) is 9.44. The number of nitrogens with one attached hydrogen (secondary N) is 1. The van der Waals surface area contributed by atoms with Crippen LogP contribution in [-0.4, -0.2) is 29.0 Å². The molecular formula is C9H17N5O. The number of anilines is 2. The zero-order valence-electron chi connectivity index (χ0n) is 9.44. The van der Waals surface area contributed by atoms with Crippen LogP contribution >= 0.6 is 0 Å². The van der Waals surface area contributed by atoms with Crippen molar-refractivity contribution in [2.24, 2.45) is 0 Å². The number of hydrogen-bond donors (Lipinski definition) is 3. The molecule has 0 unspecified atom stereocenters. The second-order valence-electron chi connectivity index (χ2n) is 3.92. The fraction of sp³-hybridized carbons (Fsp3) is 0.556. The Balaban J connectivity index is 3.56. The highest BCUT2D eigenvalue weighted by atomic mass is 16.5. The van der Waals surface area contributed by atoms with E-state index in [-0.39, 0.29) is 11.5 Å². The van der Waals surface area contributed by atoms with E-state index in [1.807, 2.05) is 13.8 Å². The molecule has 4 N–H and O–H groups in total. The van der Waals surface area contributed by atoms with E-state index in [1.54, 1.807) is 19.0 Å². The van der Waals surface area contributed by atoms with E-state index in [1.165, 1.54) is 0 Å². The number of nitrogens with zero attached hydrogens (tertiary/aromatic N) is 3. The van der Waals surface area contributed by atoms with Crippen molar-refractivity contribution in [3.05, 3.63) is 11.3 Å². The lowest BCUT2D eigenvalue weighted by molar-refractivity contribution is 0.154. The predicted octanol–water partition coefficient (Wildman–Crippen LogP) is 0.371. The lowest BCUT2D eigenvalue weighted by atomic mass is 10.1. The maximum atomic E-state index is 9.62. The molecule has 0 saturated carbocycles. The normalized spacial score (nSPS) is 10.7. The van der Waals surface area contributed by atoms with Gasteiger partial charge in [-0.3, -0.25) is 5.41 Å². The number of aromatic nitrogens is 2. The Hall–Kier alpha value is -1.72. The summed E-state index contributed by atoms with van der Waals surface area (Å²) in [5.74, 6) is 0.537. The smallest absolute Gasteiger partial charge is 0.257 e. The molecule has 1 heterocycles. The number of nitrogen functional groups attached to an aromatic ring is 1. The maximum absolute atomic E-state index is 9.62. The van der Waals surface area contributed by atoms with Crippen molar-refractivity contribution in [1.29, 1.82) is 5.41 Å². The molecule has 0 saturated heterocycles. The Bertz CT molecular complexity index is 421. The van der Waals surface area contributed by atoms with Crippen molar-refractivity contribution in [3.63, 3.8) is 0 Å². The highest BCUT2D eigenvalue weighted by Crippen LogP contribution is 2.25. The third-order valence-electron chi connectivity index (χ3n) is 2.13. The van der Waals surface area contributed by atoms with Crippen LogP contribution in [0.2, 0.25) is 0 Å². The highest BCUT2D eigenvalue weighted by Gasteiger charge is 2.16. The first-order chi connectivity index (χ1) is 6.86. The van der Waals surface area contributed by atoms with Crippen LogP contribution in [0.1, 0.15) is 25.5 Å². The summed E-state index contributed by atoms with van der Waals surface area (Å²) in [6, 6.07) is 0. The van der Waals surface area contributed by atoms with E-state index < -0.39 is 0 Å². The van der Waals surface area contributed by atoms with E-state index in [0.29, 0.717) is 17.2 Å². The summed E-state index contributed by atoms with van der Waals surface area (Å²) in [6.45, 7) is 3.80. The van der Waals surface area contributed by atoms with Gasteiger partial charge in [0.25, 0.3) is 5.62 Å². The van der Waals surface area contributed by atoms with Crippen molar-refractivity contribution < 1.29 is 5.21 Å². The minimum absolute atomic E-state index is 0.0285. The fourth-order valence-electron chi connectivity index (χ4n) is 1.45. The standard InChI is InChI=1S/C9H17N5O/c1-5(2)7-6(10)8(13(3)4)12-9(11)14(7)15/h5,11,15H,10H2,1-4H3. The number of rotatable bonds is 2. The van der Waals surface area contributed by atoms with Gasteiger partial charge in [-0.25, -0.2) is 0 Å². The van der Waals surface area contributed by atoms with Gasteiger partial charge in [-0.1, -0.05) is 13.8 Å². The SMILES string of the molecule is CC(C)c1c(N)c(N(C)C)nc(=N)n1O. The molecule has 6 nitrogen and oxygen atoms in total. The molecular weight excluding hydrogens is 194 g/mol. The molecule has 6 heteroatoms. The third-order valence-corrected chi connectivity index (χ3v) is 2.13. The average molecular weight is 211 g/mol. The van der Waals surface area contributed by atoms with E-state index in [2.05, 4.69) is 4.98 Å². The van der Waals surface area contributed by atoms with Crippen LogP contribution in [0, 0.1) is 5.41 Å². The first-order valence-electron chi connectivity index (χ1n) is 4.69. The summed E-state index contributed by atoms with van der Waals surface area (Å²) in [4.78, 5) is 5.62. The highest BCUT2D eigenvalue weighted by molar-refractivity contribution is 5.64. The van der Waals surface area contributed by atoms with Gasteiger partial charge in [-0.15, -0.1) is 0 Å².